The number of phenols is 1. The normalized spacial score (nSPS) is 23.2. The van der Waals surface area contributed by atoms with Crippen LogP contribution in [0.2, 0.25) is 0 Å². The van der Waals surface area contributed by atoms with E-state index in [0.717, 1.165) is 24.3 Å². The average molecular weight is 543 g/mol. The number of hydrogen-bond acceptors (Lipinski definition) is 6. The molecule has 0 spiro atoms. The monoisotopic (exact) mass is 543 g/mol. The largest absolute Gasteiger partial charge is 0.507 e. The van der Waals surface area contributed by atoms with E-state index in [0.29, 0.717) is 4.57 Å². The predicted molar refractivity (Wildman–Crippen MR) is 133 cm³/mol. The summed E-state index contributed by atoms with van der Waals surface area (Å²) in [4.78, 5) is 46.2. The van der Waals surface area contributed by atoms with Crippen LogP contribution in [0.1, 0.15) is 19.4 Å². The minimum absolute atomic E-state index is 0.0558. The number of alkyl halides is 2. The third-order valence-electron chi connectivity index (χ3n) is 7.48. The molecule has 0 unspecified atom stereocenters. The van der Waals surface area contributed by atoms with Crippen molar-refractivity contribution in [1.29, 1.82) is 0 Å². The minimum Gasteiger partial charge on any atom is -0.507 e. The van der Waals surface area contributed by atoms with E-state index in [2.05, 4.69) is 16.9 Å². The van der Waals surface area contributed by atoms with Gasteiger partial charge in [-0.05, 0) is 31.2 Å². The topological polar surface area (TPSA) is 108 Å². The fourth-order valence-electron chi connectivity index (χ4n) is 5.47. The number of carbonyl (C=O) groups excluding carboxylic acids is 2. The van der Waals surface area contributed by atoms with Crippen LogP contribution in [0.25, 0.3) is 22.3 Å². The van der Waals surface area contributed by atoms with E-state index in [9.17, 15) is 32.7 Å². The second-order valence-corrected chi connectivity index (χ2v) is 9.90. The third kappa shape index (κ3) is 3.59. The first-order chi connectivity index (χ1) is 18.4. The molecular weight excluding hydrogens is 522 g/mol. The first kappa shape index (κ1) is 24.9. The van der Waals surface area contributed by atoms with Gasteiger partial charge in [-0.3, -0.25) is 19.0 Å². The molecule has 2 N–H and O–H groups in total. The van der Waals surface area contributed by atoms with Crippen LogP contribution in [0.4, 0.5) is 28.9 Å². The van der Waals surface area contributed by atoms with Gasteiger partial charge in [0, 0.05) is 24.4 Å². The van der Waals surface area contributed by atoms with E-state index in [1.165, 1.54) is 15.9 Å². The van der Waals surface area contributed by atoms with Crippen molar-refractivity contribution in [3.05, 3.63) is 58.9 Å². The lowest BCUT2D eigenvalue weighted by molar-refractivity contribution is -0.130. The molecule has 3 atom stereocenters. The molecule has 1 saturated carbocycles. The van der Waals surface area contributed by atoms with E-state index < -0.39 is 76.5 Å². The fraction of sp³-hybridized carbons (Fsp3) is 0.308. The Morgan fingerprint density at radius 1 is 1.23 bits per heavy atom. The molecule has 13 heteroatoms. The molecule has 1 aromatic carbocycles. The molecule has 202 valence electrons. The number of benzene rings is 1. The number of rotatable bonds is 3. The minimum atomic E-state index is -3.26. The molecule has 1 aliphatic carbocycles. The summed E-state index contributed by atoms with van der Waals surface area (Å²) in [5.41, 5.74) is -2.84. The maximum Gasteiger partial charge on any atom is 0.278 e. The van der Waals surface area contributed by atoms with E-state index in [1.54, 1.807) is 6.92 Å². The van der Waals surface area contributed by atoms with Crippen LogP contribution in [0.3, 0.4) is 0 Å². The van der Waals surface area contributed by atoms with Gasteiger partial charge in [0.25, 0.3) is 11.5 Å². The molecule has 1 saturated heterocycles. The summed E-state index contributed by atoms with van der Waals surface area (Å²) in [5.74, 6) is -7.02. The number of anilines is 2. The van der Waals surface area contributed by atoms with Gasteiger partial charge in [-0.1, -0.05) is 12.6 Å². The maximum atomic E-state index is 15.6. The highest BCUT2D eigenvalue weighted by atomic mass is 19.3. The molecule has 0 bridgehead atoms. The molecule has 3 aromatic rings. The van der Waals surface area contributed by atoms with E-state index >= 15 is 4.39 Å². The molecule has 2 aliphatic heterocycles. The highest BCUT2D eigenvalue weighted by Crippen LogP contribution is 2.54. The highest BCUT2D eigenvalue weighted by molar-refractivity contribution is 6.10. The van der Waals surface area contributed by atoms with Crippen molar-refractivity contribution < 1.29 is 32.3 Å². The van der Waals surface area contributed by atoms with Crippen molar-refractivity contribution in [2.45, 2.75) is 37.4 Å². The Morgan fingerprint density at radius 2 is 1.95 bits per heavy atom. The number of hydrogen-bond donors (Lipinski definition) is 2. The van der Waals surface area contributed by atoms with Crippen LogP contribution in [-0.2, 0) is 9.59 Å². The molecule has 2 fully saturated rings. The lowest BCUT2D eigenvalue weighted by Gasteiger charge is -2.48. The number of nitrogens with one attached hydrogen (secondary N) is 1. The lowest BCUT2D eigenvalue weighted by atomic mass is 9.99. The SMILES string of the molecule is C=CC(=O)N1C[C@@H]2C(=O)Nc3c(c4cc(F)c(-c5c(O)cccc5F)nc4n([C@@H]4CC4(F)F)c3=O)N2C[C@H]1C. The second kappa shape index (κ2) is 8.29. The first-order valence-corrected chi connectivity index (χ1v) is 12.1. The van der Waals surface area contributed by atoms with E-state index in [4.69, 9.17) is 0 Å². The highest BCUT2D eigenvalue weighted by Gasteiger charge is 2.60. The van der Waals surface area contributed by atoms with E-state index in [-0.39, 0.29) is 35.5 Å². The van der Waals surface area contributed by atoms with Crippen LogP contribution in [-0.4, -0.2) is 62.5 Å². The summed E-state index contributed by atoms with van der Waals surface area (Å²) >= 11 is 0. The van der Waals surface area contributed by atoms with Gasteiger partial charge in [0.05, 0.1) is 17.8 Å². The van der Waals surface area contributed by atoms with Gasteiger partial charge >= 0.3 is 0 Å². The van der Waals surface area contributed by atoms with Crippen molar-refractivity contribution in [3.63, 3.8) is 0 Å². The van der Waals surface area contributed by atoms with Crippen molar-refractivity contribution in [1.82, 2.24) is 14.5 Å². The smallest absolute Gasteiger partial charge is 0.278 e. The summed E-state index contributed by atoms with van der Waals surface area (Å²) in [6, 6.07) is 1.17. The molecule has 0 radical (unpaired) electrons. The molecule has 4 heterocycles. The molecule has 2 amide bonds. The maximum absolute atomic E-state index is 15.6. The quantitative estimate of drug-likeness (QED) is 0.388. The van der Waals surface area contributed by atoms with Gasteiger partial charge in [-0.2, -0.15) is 0 Å². The van der Waals surface area contributed by atoms with Gasteiger partial charge in [-0.25, -0.2) is 22.5 Å². The fourth-order valence-corrected chi connectivity index (χ4v) is 5.47. The number of amides is 2. The number of pyridine rings is 2. The Bertz CT molecular complexity index is 1650. The van der Waals surface area contributed by atoms with Crippen molar-refractivity contribution in [2.75, 3.05) is 23.3 Å². The Labute approximate surface area is 218 Å². The molecule has 2 aromatic heterocycles. The van der Waals surface area contributed by atoms with Crippen LogP contribution in [0.5, 0.6) is 5.75 Å². The zero-order valence-corrected chi connectivity index (χ0v) is 20.4. The second-order valence-electron chi connectivity index (χ2n) is 9.90. The van der Waals surface area contributed by atoms with Gasteiger partial charge in [0.15, 0.2) is 5.82 Å². The number of aromatic nitrogens is 2. The Kier molecular flexibility index (Phi) is 5.29. The molecular formula is C26H21F4N5O4. The molecule has 39 heavy (non-hydrogen) atoms. The Balaban J connectivity index is 1.63. The number of phenolic OH excluding ortho intramolecular Hbond substituents is 1. The van der Waals surface area contributed by atoms with Gasteiger partial charge < -0.3 is 20.2 Å². The van der Waals surface area contributed by atoms with Gasteiger partial charge in [0.1, 0.15) is 40.7 Å². The zero-order chi connectivity index (χ0) is 28.0. The summed E-state index contributed by atoms with van der Waals surface area (Å²) in [6.07, 6.45) is 0.430. The number of piperazine rings is 1. The van der Waals surface area contributed by atoms with Gasteiger partial charge in [0.2, 0.25) is 11.8 Å². The first-order valence-electron chi connectivity index (χ1n) is 12.1. The number of fused-ring (bicyclic) bond motifs is 5. The number of aromatic hydroxyl groups is 1. The van der Waals surface area contributed by atoms with Crippen molar-refractivity contribution in [2.24, 2.45) is 0 Å². The molecule has 6 rings (SSSR count). The van der Waals surface area contributed by atoms with Crippen molar-refractivity contribution in [3.8, 4) is 17.0 Å². The van der Waals surface area contributed by atoms with Crippen LogP contribution < -0.4 is 15.8 Å². The van der Waals surface area contributed by atoms with E-state index in [1.807, 2.05) is 0 Å². The predicted octanol–water partition coefficient (Wildman–Crippen LogP) is 3.17. The zero-order valence-electron chi connectivity index (χ0n) is 20.4. The Hall–Kier alpha value is -4.42. The number of carbonyl (C=O) groups is 2. The van der Waals surface area contributed by atoms with Crippen LogP contribution in [0, 0.1) is 11.6 Å². The summed E-state index contributed by atoms with van der Waals surface area (Å²) in [7, 11) is 0. The standard InChI is InChI=1S/C26H21F4N5O4/c1-3-18(37)33-10-15-24(38)32-21-22(34(15)9-11(33)2)12-7-14(28)20(19-13(27)5-4-6-16(19)36)31-23(12)35(25(21)39)17-8-26(17,29)30/h3-7,11,15,17,36H,1,8-10H2,2H3,(H,32,38)/t11-,15-,17-/m1/s1. The Morgan fingerprint density at radius 3 is 2.59 bits per heavy atom. The van der Waals surface area contributed by atoms with Gasteiger partial charge in [-0.15, -0.1) is 0 Å². The molecule has 3 aliphatic rings. The lowest BCUT2D eigenvalue weighted by Crippen LogP contribution is -2.64. The summed E-state index contributed by atoms with van der Waals surface area (Å²) in [6.45, 7) is 5.18. The third-order valence-corrected chi connectivity index (χ3v) is 7.48. The summed E-state index contributed by atoms with van der Waals surface area (Å²) < 4.78 is 59.5. The number of nitrogens with zero attached hydrogens (tertiary/aromatic N) is 4. The number of halogens is 4. The summed E-state index contributed by atoms with van der Waals surface area (Å²) in [5, 5.41) is 12.6. The van der Waals surface area contributed by atoms with Crippen LogP contribution >= 0.6 is 0 Å². The van der Waals surface area contributed by atoms with Crippen molar-refractivity contribution >= 4 is 34.2 Å². The van der Waals surface area contributed by atoms with Crippen LogP contribution in [0.15, 0.2) is 41.7 Å². The average Bonchev–Trinajstić information content (AvgIpc) is 3.51. The molecule has 9 nitrogen and oxygen atoms in total.